The van der Waals surface area contributed by atoms with Crippen LogP contribution in [0.4, 0.5) is 0 Å². The van der Waals surface area contributed by atoms with Crippen LogP contribution in [0, 0.1) is 0 Å². The third-order valence-corrected chi connectivity index (χ3v) is 4.05. The summed E-state index contributed by atoms with van der Waals surface area (Å²) in [5.41, 5.74) is 0.315. The van der Waals surface area contributed by atoms with Gasteiger partial charge in [-0.1, -0.05) is 0 Å². The molecule has 0 aliphatic rings. The van der Waals surface area contributed by atoms with Crippen LogP contribution >= 0.6 is 0 Å². The van der Waals surface area contributed by atoms with Crippen LogP contribution in [0.1, 0.15) is 24.2 Å². The largest absolute Gasteiger partial charge is 0.462 e. The molecule has 0 aromatic heterocycles. The smallest absolute Gasteiger partial charge is 0.338 e. The molecule has 0 spiro atoms. The standard InChI is InChI=1S/C13H19NO5S/c1-4-19-13(15)11-5-7-12(8-6-11)20(16,17)14-10(2)9-18-3/h5-8,10,14H,4,9H2,1-3H3/t10-/m1/s1. The summed E-state index contributed by atoms with van der Waals surface area (Å²) in [7, 11) is -2.12. The number of esters is 1. The number of ether oxygens (including phenoxy) is 2. The lowest BCUT2D eigenvalue weighted by Crippen LogP contribution is -2.35. The van der Waals surface area contributed by atoms with Gasteiger partial charge in [0.25, 0.3) is 0 Å². The van der Waals surface area contributed by atoms with Crippen molar-refractivity contribution >= 4 is 16.0 Å². The molecule has 0 unspecified atom stereocenters. The quantitative estimate of drug-likeness (QED) is 0.765. The van der Waals surface area contributed by atoms with E-state index >= 15 is 0 Å². The fraction of sp³-hybridized carbons (Fsp3) is 0.462. The zero-order valence-electron chi connectivity index (χ0n) is 11.8. The molecule has 7 heteroatoms. The molecule has 1 aromatic carbocycles. The number of carbonyl (C=O) groups excluding carboxylic acids is 1. The lowest BCUT2D eigenvalue weighted by molar-refractivity contribution is 0.0526. The van der Waals surface area contributed by atoms with Gasteiger partial charge in [-0.3, -0.25) is 0 Å². The predicted octanol–water partition coefficient (Wildman–Crippen LogP) is 1.18. The zero-order chi connectivity index (χ0) is 15.2. The van der Waals surface area contributed by atoms with Crippen molar-refractivity contribution in [2.24, 2.45) is 0 Å². The molecule has 1 aromatic rings. The van der Waals surface area contributed by atoms with Gasteiger partial charge >= 0.3 is 5.97 Å². The van der Waals surface area contributed by atoms with E-state index < -0.39 is 16.0 Å². The molecule has 0 aliphatic heterocycles. The van der Waals surface area contributed by atoms with Crippen molar-refractivity contribution in [2.45, 2.75) is 24.8 Å². The Morgan fingerprint density at radius 3 is 2.40 bits per heavy atom. The Morgan fingerprint density at radius 1 is 1.30 bits per heavy atom. The third-order valence-electron chi connectivity index (χ3n) is 2.45. The van der Waals surface area contributed by atoms with Crippen molar-refractivity contribution in [2.75, 3.05) is 20.3 Å². The van der Waals surface area contributed by atoms with Crippen LogP contribution in [0.5, 0.6) is 0 Å². The average molecular weight is 301 g/mol. The lowest BCUT2D eigenvalue weighted by Gasteiger charge is -2.13. The highest BCUT2D eigenvalue weighted by Crippen LogP contribution is 2.12. The molecule has 0 amide bonds. The molecular weight excluding hydrogens is 282 g/mol. The second-order valence-electron chi connectivity index (χ2n) is 4.22. The number of benzene rings is 1. The first-order chi connectivity index (χ1) is 9.40. The Balaban J connectivity index is 2.84. The van der Waals surface area contributed by atoms with E-state index in [-0.39, 0.29) is 24.2 Å². The number of rotatable bonds is 7. The SMILES string of the molecule is CCOC(=O)c1ccc(S(=O)(=O)N[C@H](C)COC)cc1. The van der Waals surface area contributed by atoms with Gasteiger partial charge in [-0.05, 0) is 38.1 Å². The van der Waals surface area contributed by atoms with Crippen molar-refractivity contribution in [3.63, 3.8) is 0 Å². The average Bonchev–Trinajstić information content (AvgIpc) is 2.39. The molecule has 0 fully saturated rings. The Bertz CT molecular complexity index is 538. The summed E-state index contributed by atoms with van der Waals surface area (Å²) in [5, 5.41) is 0. The number of sulfonamides is 1. The maximum absolute atomic E-state index is 12.0. The Hall–Kier alpha value is -1.44. The maximum atomic E-state index is 12.0. The van der Waals surface area contributed by atoms with E-state index in [9.17, 15) is 13.2 Å². The summed E-state index contributed by atoms with van der Waals surface area (Å²) < 4.78 is 36.3. The second kappa shape index (κ2) is 7.37. The summed E-state index contributed by atoms with van der Waals surface area (Å²) in [4.78, 5) is 11.6. The first-order valence-corrected chi connectivity index (χ1v) is 7.67. The third kappa shape index (κ3) is 4.59. The van der Waals surface area contributed by atoms with Crippen LogP contribution in [0.2, 0.25) is 0 Å². The fourth-order valence-electron chi connectivity index (χ4n) is 1.60. The Morgan fingerprint density at radius 2 is 1.90 bits per heavy atom. The zero-order valence-corrected chi connectivity index (χ0v) is 12.6. The topological polar surface area (TPSA) is 81.7 Å². The number of hydrogen-bond donors (Lipinski definition) is 1. The van der Waals surface area contributed by atoms with E-state index in [1.54, 1.807) is 13.8 Å². The van der Waals surface area contributed by atoms with E-state index in [1.807, 2.05) is 0 Å². The second-order valence-corrected chi connectivity index (χ2v) is 5.94. The van der Waals surface area contributed by atoms with Gasteiger partial charge in [0.1, 0.15) is 0 Å². The molecule has 112 valence electrons. The minimum absolute atomic E-state index is 0.0912. The van der Waals surface area contributed by atoms with Crippen molar-refractivity contribution in [3.05, 3.63) is 29.8 Å². The van der Waals surface area contributed by atoms with E-state index in [1.165, 1.54) is 31.4 Å². The van der Waals surface area contributed by atoms with Gasteiger partial charge in [0.15, 0.2) is 0 Å². The summed E-state index contributed by atoms with van der Waals surface area (Å²) in [6, 6.07) is 5.25. The normalized spacial score (nSPS) is 12.9. The van der Waals surface area contributed by atoms with E-state index in [4.69, 9.17) is 9.47 Å². The van der Waals surface area contributed by atoms with Gasteiger partial charge in [0.2, 0.25) is 10.0 Å². The first-order valence-electron chi connectivity index (χ1n) is 6.19. The van der Waals surface area contributed by atoms with Crippen LogP contribution in [0.25, 0.3) is 0 Å². The van der Waals surface area contributed by atoms with E-state index in [2.05, 4.69) is 4.72 Å². The maximum Gasteiger partial charge on any atom is 0.338 e. The minimum Gasteiger partial charge on any atom is -0.462 e. The van der Waals surface area contributed by atoms with Gasteiger partial charge in [0.05, 0.1) is 23.7 Å². The Kier molecular flexibility index (Phi) is 6.12. The Labute approximate surface area is 119 Å². The molecule has 20 heavy (non-hydrogen) atoms. The number of nitrogens with one attached hydrogen (secondary N) is 1. The molecule has 0 radical (unpaired) electrons. The summed E-state index contributed by atoms with van der Waals surface area (Å²) >= 11 is 0. The molecular formula is C13H19NO5S. The van der Waals surface area contributed by atoms with Crippen molar-refractivity contribution in [3.8, 4) is 0 Å². The molecule has 0 aliphatic carbocycles. The van der Waals surface area contributed by atoms with Crippen LogP contribution in [0.3, 0.4) is 0 Å². The van der Waals surface area contributed by atoms with Crippen molar-refractivity contribution in [1.29, 1.82) is 0 Å². The molecule has 1 rings (SSSR count). The summed E-state index contributed by atoms with van der Waals surface area (Å²) in [5.74, 6) is -0.475. The van der Waals surface area contributed by atoms with Crippen LogP contribution in [-0.2, 0) is 19.5 Å². The molecule has 1 atom stereocenters. The highest BCUT2D eigenvalue weighted by Gasteiger charge is 2.18. The van der Waals surface area contributed by atoms with E-state index in [0.29, 0.717) is 5.56 Å². The first kappa shape index (κ1) is 16.6. The van der Waals surface area contributed by atoms with Crippen LogP contribution in [-0.4, -0.2) is 40.8 Å². The molecule has 0 heterocycles. The number of hydrogen-bond acceptors (Lipinski definition) is 5. The highest BCUT2D eigenvalue weighted by atomic mass is 32.2. The molecule has 0 bridgehead atoms. The minimum atomic E-state index is -3.62. The summed E-state index contributed by atoms with van der Waals surface area (Å²) in [6.45, 7) is 3.96. The fourth-order valence-corrected chi connectivity index (χ4v) is 2.83. The van der Waals surface area contributed by atoms with Gasteiger partial charge in [0, 0.05) is 13.2 Å². The lowest BCUT2D eigenvalue weighted by atomic mass is 10.2. The molecule has 1 N–H and O–H groups in total. The molecule has 0 saturated carbocycles. The van der Waals surface area contributed by atoms with E-state index in [0.717, 1.165) is 0 Å². The van der Waals surface area contributed by atoms with Crippen molar-refractivity contribution in [1.82, 2.24) is 4.72 Å². The number of carbonyl (C=O) groups is 1. The monoisotopic (exact) mass is 301 g/mol. The highest BCUT2D eigenvalue weighted by molar-refractivity contribution is 7.89. The van der Waals surface area contributed by atoms with Crippen molar-refractivity contribution < 1.29 is 22.7 Å². The predicted molar refractivity (Wildman–Crippen MR) is 74.1 cm³/mol. The van der Waals surface area contributed by atoms with Gasteiger partial charge in [-0.25, -0.2) is 17.9 Å². The number of methoxy groups -OCH3 is 1. The van der Waals surface area contributed by atoms with Gasteiger partial charge in [-0.15, -0.1) is 0 Å². The molecule has 0 saturated heterocycles. The van der Waals surface area contributed by atoms with Gasteiger partial charge in [-0.2, -0.15) is 0 Å². The van der Waals surface area contributed by atoms with Crippen LogP contribution in [0.15, 0.2) is 29.2 Å². The molecule has 6 nitrogen and oxygen atoms in total. The van der Waals surface area contributed by atoms with Gasteiger partial charge < -0.3 is 9.47 Å². The summed E-state index contributed by atoms with van der Waals surface area (Å²) in [6.07, 6.45) is 0. The van der Waals surface area contributed by atoms with Crippen LogP contribution < -0.4 is 4.72 Å².